The van der Waals surface area contributed by atoms with E-state index in [-0.39, 0.29) is 17.7 Å². The van der Waals surface area contributed by atoms with E-state index in [0.29, 0.717) is 22.4 Å². The third-order valence-corrected chi connectivity index (χ3v) is 4.36. The molecule has 0 aliphatic carbocycles. The van der Waals surface area contributed by atoms with Gasteiger partial charge in [-0.3, -0.25) is 19.3 Å². The van der Waals surface area contributed by atoms with Crippen LogP contribution in [0.3, 0.4) is 0 Å². The second-order valence-corrected chi connectivity index (χ2v) is 5.95. The van der Waals surface area contributed by atoms with Crippen molar-refractivity contribution in [2.75, 3.05) is 12.4 Å². The molecule has 1 aliphatic rings. The maximum absolute atomic E-state index is 12.5. The van der Waals surface area contributed by atoms with E-state index in [1.54, 1.807) is 18.2 Å². The molecule has 5 nitrogen and oxygen atoms in total. The number of fused-ring (bicyclic) bond motifs is 2. The SMILES string of the molecule is CN1C(=O)c2ccc(NC(=O)c3ccc4ccccc4c3)cc2C1=O. The molecule has 3 aromatic carbocycles. The molecule has 5 heteroatoms. The molecule has 4 rings (SSSR count). The molecule has 3 amide bonds. The van der Waals surface area contributed by atoms with Crippen molar-refractivity contribution >= 4 is 34.2 Å². The van der Waals surface area contributed by atoms with Gasteiger partial charge in [0.1, 0.15) is 0 Å². The molecule has 0 saturated carbocycles. The van der Waals surface area contributed by atoms with E-state index in [1.165, 1.54) is 13.1 Å². The maximum Gasteiger partial charge on any atom is 0.261 e. The van der Waals surface area contributed by atoms with Crippen LogP contribution >= 0.6 is 0 Å². The molecule has 1 heterocycles. The van der Waals surface area contributed by atoms with Crippen molar-refractivity contribution in [1.29, 1.82) is 0 Å². The van der Waals surface area contributed by atoms with Crippen LogP contribution in [0.25, 0.3) is 10.8 Å². The second-order valence-electron chi connectivity index (χ2n) is 5.95. The molecule has 1 aliphatic heterocycles. The molecular formula is C20H14N2O3. The van der Waals surface area contributed by atoms with Crippen molar-refractivity contribution in [3.63, 3.8) is 0 Å². The van der Waals surface area contributed by atoms with Gasteiger partial charge in [0.2, 0.25) is 0 Å². The Balaban J connectivity index is 1.63. The van der Waals surface area contributed by atoms with Crippen LogP contribution in [0.5, 0.6) is 0 Å². The summed E-state index contributed by atoms with van der Waals surface area (Å²) in [5.74, 6) is -0.954. The smallest absolute Gasteiger partial charge is 0.261 e. The van der Waals surface area contributed by atoms with E-state index in [0.717, 1.165) is 15.7 Å². The lowest BCUT2D eigenvalue weighted by molar-refractivity contribution is 0.0692. The summed E-state index contributed by atoms with van der Waals surface area (Å²) in [5, 5.41) is 4.82. The van der Waals surface area contributed by atoms with Crippen molar-refractivity contribution in [3.05, 3.63) is 77.4 Å². The van der Waals surface area contributed by atoms with Crippen molar-refractivity contribution in [1.82, 2.24) is 4.90 Å². The third-order valence-electron chi connectivity index (χ3n) is 4.36. The summed E-state index contributed by atoms with van der Waals surface area (Å²) in [5.41, 5.74) is 1.67. The predicted molar refractivity (Wildman–Crippen MR) is 94.8 cm³/mol. The van der Waals surface area contributed by atoms with Crippen LogP contribution in [-0.2, 0) is 0 Å². The van der Waals surface area contributed by atoms with Crippen molar-refractivity contribution in [2.45, 2.75) is 0 Å². The van der Waals surface area contributed by atoms with Gasteiger partial charge in [-0.2, -0.15) is 0 Å². The number of hydrogen-bond acceptors (Lipinski definition) is 3. The van der Waals surface area contributed by atoms with Gasteiger partial charge in [0, 0.05) is 18.3 Å². The van der Waals surface area contributed by atoms with E-state index in [2.05, 4.69) is 5.32 Å². The summed E-state index contributed by atoms with van der Waals surface area (Å²) in [4.78, 5) is 37.5. The van der Waals surface area contributed by atoms with E-state index in [1.807, 2.05) is 36.4 Å². The minimum absolute atomic E-state index is 0.268. The molecule has 0 aromatic heterocycles. The Morgan fingerprint density at radius 3 is 2.36 bits per heavy atom. The Hall–Kier alpha value is -3.47. The van der Waals surface area contributed by atoms with Gasteiger partial charge < -0.3 is 5.32 Å². The molecule has 122 valence electrons. The number of nitrogens with zero attached hydrogens (tertiary/aromatic N) is 1. The molecule has 0 radical (unpaired) electrons. The lowest BCUT2D eigenvalue weighted by Gasteiger charge is -2.07. The molecule has 3 aromatic rings. The quantitative estimate of drug-likeness (QED) is 0.733. The lowest BCUT2D eigenvalue weighted by Crippen LogP contribution is -2.24. The first-order valence-electron chi connectivity index (χ1n) is 7.81. The van der Waals surface area contributed by atoms with Crippen molar-refractivity contribution < 1.29 is 14.4 Å². The summed E-state index contributed by atoms with van der Waals surface area (Å²) < 4.78 is 0. The Kier molecular flexibility index (Phi) is 3.35. The molecule has 0 fully saturated rings. The van der Waals surface area contributed by atoms with Crippen LogP contribution in [0.15, 0.2) is 60.7 Å². The maximum atomic E-state index is 12.5. The first-order chi connectivity index (χ1) is 12.0. The number of amides is 3. The fourth-order valence-electron chi connectivity index (χ4n) is 2.97. The molecule has 0 atom stereocenters. The van der Waals surface area contributed by atoms with Gasteiger partial charge in [0.15, 0.2) is 0 Å². The minimum Gasteiger partial charge on any atom is -0.322 e. The van der Waals surface area contributed by atoms with Crippen LogP contribution in [0.1, 0.15) is 31.1 Å². The number of nitrogens with one attached hydrogen (secondary N) is 1. The average Bonchev–Trinajstić information content (AvgIpc) is 2.85. The third kappa shape index (κ3) is 2.46. The highest BCUT2D eigenvalue weighted by atomic mass is 16.2. The Morgan fingerprint density at radius 1 is 0.840 bits per heavy atom. The van der Waals surface area contributed by atoms with Crippen molar-refractivity contribution in [2.24, 2.45) is 0 Å². The molecule has 1 N–H and O–H groups in total. The highest BCUT2D eigenvalue weighted by Crippen LogP contribution is 2.25. The normalized spacial score (nSPS) is 13.2. The number of benzene rings is 3. The van der Waals surface area contributed by atoms with E-state index in [9.17, 15) is 14.4 Å². The van der Waals surface area contributed by atoms with Gasteiger partial charge in [-0.25, -0.2) is 0 Å². The Bertz CT molecular complexity index is 1060. The number of hydrogen-bond donors (Lipinski definition) is 1. The van der Waals surface area contributed by atoms with Gasteiger partial charge in [-0.1, -0.05) is 30.3 Å². The van der Waals surface area contributed by atoms with Crippen molar-refractivity contribution in [3.8, 4) is 0 Å². The predicted octanol–water partition coefficient (Wildman–Crippen LogP) is 3.32. The number of carbonyl (C=O) groups excluding carboxylic acids is 3. The molecular weight excluding hydrogens is 316 g/mol. The Labute approximate surface area is 143 Å². The van der Waals surface area contributed by atoms with E-state index < -0.39 is 0 Å². The van der Waals surface area contributed by atoms with Gasteiger partial charge in [0.25, 0.3) is 17.7 Å². The first kappa shape index (κ1) is 15.1. The van der Waals surface area contributed by atoms with Gasteiger partial charge >= 0.3 is 0 Å². The Morgan fingerprint density at radius 2 is 1.56 bits per heavy atom. The van der Waals surface area contributed by atoms with Crippen LogP contribution in [0, 0.1) is 0 Å². The number of rotatable bonds is 2. The van der Waals surface area contributed by atoms with Gasteiger partial charge in [0.05, 0.1) is 11.1 Å². The van der Waals surface area contributed by atoms with Crippen LogP contribution in [-0.4, -0.2) is 29.7 Å². The topological polar surface area (TPSA) is 66.5 Å². The fourth-order valence-corrected chi connectivity index (χ4v) is 2.97. The lowest BCUT2D eigenvalue weighted by atomic mass is 10.1. The van der Waals surface area contributed by atoms with Crippen LogP contribution < -0.4 is 5.32 Å². The largest absolute Gasteiger partial charge is 0.322 e. The van der Waals surface area contributed by atoms with Crippen LogP contribution in [0.2, 0.25) is 0 Å². The summed E-state index contributed by atoms with van der Waals surface area (Å²) in [6, 6.07) is 18.0. The molecule has 0 saturated heterocycles. The highest BCUT2D eigenvalue weighted by molar-refractivity contribution is 6.21. The summed E-state index contributed by atoms with van der Waals surface area (Å²) in [6.45, 7) is 0. The molecule has 0 bridgehead atoms. The number of anilines is 1. The summed E-state index contributed by atoms with van der Waals surface area (Å²) >= 11 is 0. The molecule has 0 spiro atoms. The fraction of sp³-hybridized carbons (Fsp3) is 0.0500. The highest BCUT2D eigenvalue weighted by Gasteiger charge is 2.32. The molecule has 0 unspecified atom stereocenters. The standard InChI is InChI=1S/C20H14N2O3/c1-22-19(24)16-9-8-15(11-17(16)20(22)25)21-18(23)14-7-6-12-4-2-3-5-13(12)10-14/h2-11H,1H3,(H,21,23). The van der Waals surface area contributed by atoms with E-state index in [4.69, 9.17) is 0 Å². The van der Waals surface area contributed by atoms with Crippen LogP contribution in [0.4, 0.5) is 5.69 Å². The summed E-state index contributed by atoms with van der Waals surface area (Å²) in [7, 11) is 1.44. The van der Waals surface area contributed by atoms with Gasteiger partial charge in [-0.15, -0.1) is 0 Å². The van der Waals surface area contributed by atoms with E-state index >= 15 is 0 Å². The molecule has 25 heavy (non-hydrogen) atoms. The zero-order valence-corrected chi connectivity index (χ0v) is 13.4. The zero-order chi connectivity index (χ0) is 17.6. The number of carbonyl (C=O) groups is 3. The monoisotopic (exact) mass is 330 g/mol. The number of imide groups is 1. The van der Waals surface area contributed by atoms with Gasteiger partial charge in [-0.05, 0) is 41.1 Å². The average molecular weight is 330 g/mol. The summed E-state index contributed by atoms with van der Waals surface area (Å²) in [6.07, 6.45) is 0. The zero-order valence-electron chi connectivity index (χ0n) is 13.4. The second kappa shape index (κ2) is 5.56. The first-order valence-corrected chi connectivity index (χ1v) is 7.81. The minimum atomic E-state index is -0.359.